The minimum absolute atomic E-state index is 0.141. The summed E-state index contributed by atoms with van der Waals surface area (Å²) in [7, 11) is 0. The fraction of sp³-hybridized carbons (Fsp3) is 0.500. The van der Waals surface area contributed by atoms with Gasteiger partial charge in [0.1, 0.15) is 5.82 Å². The van der Waals surface area contributed by atoms with Crippen LogP contribution in [0.2, 0.25) is 0 Å². The maximum Gasteiger partial charge on any atom is 0.123 e. The first-order valence-corrected chi connectivity index (χ1v) is 5.15. The topological polar surface area (TPSA) is 46.2 Å². The molecule has 3 heteroatoms. The fourth-order valence-electron chi connectivity index (χ4n) is 2.39. The van der Waals surface area contributed by atoms with Crippen LogP contribution in [0.25, 0.3) is 0 Å². The predicted molar refractivity (Wildman–Crippen MR) is 57.0 cm³/mol. The van der Waals surface area contributed by atoms with Crippen molar-refractivity contribution in [3.8, 4) is 0 Å². The number of fused-ring (bicyclic) bond motifs is 1. The summed E-state index contributed by atoms with van der Waals surface area (Å²) < 4.78 is 13.1. The van der Waals surface area contributed by atoms with Gasteiger partial charge >= 0.3 is 0 Å². The van der Waals surface area contributed by atoms with Crippen molar-refractivity contribution >= 4 is 0 Å². The molecule has 1 aromatic carbocycles. The monoisotopic (exact) mass is 209 g/mol. The van der Waals surface area contributed by atoms with Gasteiger partial charge in [0, 0.05) is 0 Å². The molecule has 2 atom stereocenters. The van der Waals surface area contributed by atoms with Crippen molar-refractivity contribution in [2.24, 2.45) is 5.73 Å². The Morgan fingerprint density at radius 3 is 2.80 bits per heavy atom. The Balaban J connectivity index is 2.59. The smallest absolute Gasteiger partial charge is 0.123 e. The van der Waals surface area contributed by atoms with E-state index in [1.807, 2.05) is 13.8 Å². The zero-order valence-corrected chi connectivity index (χ0v) is 9.00. The van der Waals surface area contributed by atoms with Crippen LogP contribution in [0.1, 0.15) is 37.4 Å². The van der Waals surface area contributed by atoms with Crippen LogP contribution in [-0.2, 0) is 5.41 Å². The molecule has 0 fully saturated rings. The first kappa shape index (κ1) is 10.6. The number of aliphatic hydroxyl groups is 1. The standard InChI is InChI=1S/C12H16FNO/c1-12(2)6-10(15)11(14)8-5-7(13)3-4-9(8)12/h3-5,10-11,15H,6,14H2,1-2H3. The molecule has 0 aromatic heterocycles. The lowest BCUT2D eigenvalue weighted by atomic mass is 9.70. The van der Waals surface area contributed by atoms with Crippen molar-refractivity contribution < 1.29 is 9.50 Å². The van der Waals surface area contributed by atoms with Gasteiger partial charge in [-0.15, -0.1) is 0 Å². The summed E-state index contributed by atoms with van der Waals surface area (Å²) in [6.45, 7) is 4.08. The lowest BCUT2D eigenvalue weighted by Crippen LogP contribution is -2.39. The molecule has 0 heterocycles. The van der Waals surface area contributed by atoms with Crippen molar-refractivity contribution in [3.63, 3.8) is 0 Å². The molecule has 1 aliphatic rings. The Kier molecular flexibility index (Phi) is 2.32. The molecule has 82 valence electrons. The van der Waals surface area contributed by atoms with Crippen molar-refractivity contribution in [1.29, 1.82) is 0 Å². The van der Waals surface area contributed by atoms with Gasteiger partial charge in [-0.2, -0.15) is 0 Å². The Morgan fingerprint density at radius 1 is 1.47 bits per heavy atom. The van der Waals surface area contributed by atoms with E-state index in [9.17, 15) is 9.50 Å². The van der Waals surface area contributed by atoms with Crippen molar-refractivity contribution in [3.05, 3.63) is 35.1 Å². The van der Waals surface area contributed by atoms with Gasteiger partial charge in [-0.25, -0.2) is 4.39 Å². The van der Waals surface area contributed by atoms with E-state index < -0.39 is 12.1 Å². The summed E-state index contributed by atoms with van der Waals surface area (Å²) in [4.78, 5) is 0. The second-order valence-electron chi connectivity index (χ2n) is 4.91. The molecule has 0 aliphatic heterocycles. The molecule has 0 saturated heterocycles. The quantitative estimate of drug-likeness (QED) is 0.685. The molecule has 0 saturated carbocycles. The number of hydrogen-bond donors (Lipinski definition) is 2. The Morgan fingerprint density at radius 2 is 2.13 bits per heavy atom. The molecule has 1 aromatic rings. The fourth-order valence-corrected chi connectivity index (χ4v) is 2.39. The van der Waals surface area contributed by atoms with Crippen LogP contribution in [0.3, 0.4) is 0 Å². The van der Waals surface area contributed by atoms with Crippen LogP contribution in [0.15, 0.2) is 18.2 Å². The molecule has 2 rings (SSSR count). The average molecular weight is 209 g/mol. The zero-order valence-electron chi connectivity index (χ0n) is 9.00. The first-order valence-electron chi connectivity index (χ1n) is 5.15. The van der Waals surface area contributed by atoms with E-state index >= 15 is 0 Å². The second-order valence-corrected chi connectivity index (χ2v) is 4.91. The maximum absolute atomic E-state index is 13.1. The molecule has 0 bridgehead atoms. The number of halogens is 1. The zero-order chi connectivity index (χ0) is 11.2. The highest BCUT2D eigenvalue weighted by Gasteiger charge is 2.36. The number of benzene rings is 1. The van der Waals surface area contributed by atoms with Gasteiger partial charge in [0.05, 0.1) is 12.1 Å². The SMILES string of the molecule is CC1(C)CC(O)C(N)c2cc(F)ccc21. The number of aliphatic hydroxyl groups excluding tert-OH is 1. The van der Waals surface area contributed by atoms with E-state index in [1.165, 1.54) is 12.1 Å². The van der Waals surface area contributed by atoms with E-state index in [0.717, 1.165) is 11.1 Å². The van der Waals surface area contributed by atoms with Crippen molar-refractivity contribution in [1.82, 2.24) is 0 Å². The van der Waals surface area contributed by atoms with Crippen LogP contribution in [0, 0.1) is 5.82 Å². The molecule has 2 unspecified atom stereocenters. The predicted octanol–water partition coefficient (Wildman–Crippen LogP) is 1.87. The minimum atomic E-state index is -0.589. The van der Waals surface area contributed by atoms with Gasteiger partial charge in [-0.05, 0) is 35.1 Å². The Labute approximate surface area is 88.9 Å². The molecule has 15 heavy (non-hydrogen) atoms. The van der Waals surface area contributed by atoms with E-state index in [4.69, 9.17) is 5.73 Å². The van der Waals surface area contributed by atoms with Crippen LogP contribution >= 0.6 is 0 Å². The van der Waals surface area contributed by atoms with Crippen LogP contribution in [0.5, 0.6) is 0 Å². The van der Waals surface area contributed by atoms with Crippen molar-refractivity contribution in [2.45, 2.75) is 37.8 Å². The molecular formula is C12H16FNO. The molecule has 0 amide bonds. The lowest BCUT2D eigenvalue weighted by molar-refractivity contribution is 0.0993. The highest BCUT2D eigenvalue weighted by atomic mass is 19.1. The van der Waals surface area contributed by atoms with Gasteiger partial charge < -0.3 is 10.8 Å². The summed E-state index contributed by atoms with van der Waals surface area (Å²) >= 11 is 0. The van der Waals surface area contributed by atoms with Crippen LogP contribution in [0.4, 0.5) is 4.39 Å². The number of hydrogen-bond acceptors (Lipinski definition) is 2. The molecule has 3 N–H and O–H groups in total. The van der Waals surface area contributed by atoms with E-state index in [2.05, 4.69) is 0 Å². The molecule has 0 radical (unpaired) electrons. The third kappa shape index (κ3) is 1.66. The highest BCUT2D eigenvalue weighted by Crippen LogP contribution is 2.40. The van der Waals surface area contributed by atoms with Gasteiger partial charge in [0.15, 0.2) is 0 Å². The summed E-state index contributed by atoms with van der Waals surface area (Å²) in [6, 6.07) is 4.19. The Bertz CT molecular complexity index is 389. The number of rotatable bonds is 0. The summed E-state index contributed by atoms with van der Waals surface area (Å²) in [6.07, 6.45) is 0.0292. The van der Waals surface area contributed by atoms with Gasteiger partial charge in [-0.3, -0.25) is 0 Å². The van der Waals surface area contributed by atoms with Crippen LogP contribution in [-0.4, -0.2) is 11.2 Å². The third-order valence-electron chi connectivity index (χ3n) is 3.24. The highest BCUT2D eigenvalue weighted by molar-refractivity contribution is 5.39. The molecule has 2 nitrogen and oxygen atoms in total. The van der Waals surface area contributed by atoms with Gasteiger partial charge in [-0.1, -0.05) is 19.9 Å². The molecular weight excluding hydrogens is 193 g/mol. The van der Waals surface area contributed by atoms with Crippen molar-refractivity contribution in [2.75, 3.05) is 0 Å². The summed E-state index contributed by atoms with van der Waals surface area (Å²) in [5.41, 5.74) is 7.50. The normalized spacial score (nSPS) is 28.6. The minimum Gasteiger partial charge on any atom is -0.391 e. The third-order valence-corrected chi connectivity index (χ3v) is 3.24. The van der Waals surface area contributed by atoms with Crippen LogP contribution < -0.4 is 5.73 Å². The Hall–Kier alpha value is -0.930. The largest absolute Gasteiger partial charge is 0.391 e. The van der Waals surface area contributed by atoms with E-state index in [-0.39, 0.29) is 11.2 Å². The van der Waals surface area contributed by atoms with Gasteiger partial charge in [0.2, 0.25) is 0 Å². The number of nitrogens with two attached hydrogens (primary N) is 1. The van der Waals surface area contributed by atoms with Gasteiger partial charge in [0.25, 0.3) is 0 Å². The molecule has 0 spiro atoms. The first-order chi connectivity index (χ1) is 6.92. The maximum atomic E-state index is 13.1. The summed E-state index contributed by atoms with van der Waals surface area (Å²) in [5.74, 6) is -0.297. The summed E-state index contributed by atoms with van der Waals surface area (Å²) in [5, 5.41) is 9.80. The van der Waals surface area contributed by atoms with E-state index in [1.54, 1.807) is 6.07 Å². The average Bonchev–Trinajstić information content (AvgIpc) is 2.13. The molecule has 1 aliphatic carbocycles. The second kappa shape index (κ2) is 3.29. The van der Waals surface area contributed by atoms with E-state index in [0.29, 0.717) is 6.42 Å². The lowest BCUT2D eigenvalue weighted by Gasteiger charge is -2.38.